The molecule has 0 fully saturated rings. The number of rotatable bonds is 5. The molecule has 1 aromatic heterocycles. The third-order valence-corrected chi connectivity index (χ3v) is 5.72. The van der Waals surface area contributed by atoms with Crippen molar-refractivity contribution in [2.75, 3.05) is 0 Å². The number of hydrogen-bond acceptors (Lipinski definition) is 6. The summed E-state index contributed by atoms with van der Waals surface area (Å²) in [5.74, 6) is -0.460. The van der Waals surface area contributed by atoms with E-state index in [1.165, 1.54) is 41.9 Å². The normalized spacial score (nSPS) is 11.3. The van der Waals surface area contributed by atoms with Gasteiger partial charge in [0.05, 0.1) is 26.8 Å². The van der Waals surface area contributed by atoms with Gasteiger partial charge in [0.2, 0.25) is 9.84 Å². The highest BCUT2D eigenvalue weighted by Crippen LogP contribution is 2.28. The summed E-state index contributed by atoms with van der Waals surface area (Å²) in [6.07, 6.45) is 0. The van der Waals surface area contributed by atoms with Crippen LogP contribution in [0.4, 0.5) is 5.69 Å². The number of nitro groups is 1. The molecular formula is C18H15N3O5S. The fraction of sp³-hybridized carbons (Fsp3) is 0.111. The van der Waals surface area contributed by atoms with E-state index in [0.717, 1.165) is 0 Å². The molecule has 0 amide bonds. The quantitative estimate of drug-likeness (QED) is 0.379. The Balaban J connectivity index is 2.26. The first-order valence-electron chi connectivity index (χ1n) is 7.89. The van der Waals surface area contributed by atoms with Gasteiger partial charge >= 0.3 is 0 Å². The highest BCUT2D eigenvalue weighted by molar-refractivity contribution is 7.91. The molecule has 0 aliphatic rings. The van der Waals surface area contributed by atoms with E-state index in [0.29, 0.717) is 5.69 Å². The molecule has 9 heteroatoms. The van der Waals surface area contributed by atoms with Crippen molar-refractivity contribution >= 4 is 21.3 Å². The number of carbonyl (C=O) groups excluding carboxylic acids is 1. The number of aromatic nitrogens is 2. The second-order valence-corrected chi connectivity index (χ2v) is 7.69. The van der Waals surface area contributed by atoms with Crippen molar-refractivity contribution in [1.29, 1.82) is 0 Å². The molecule has 0 unspecified atom stereocenters. The Morgan fingerprint density at radius 2 is 1.78 bits per heavy atom. The van der Waals surface area contributed by atoms with Gasteiger partial charge in [0, 0.05) is 12.1 Å². The maximum absolute atomic E-state index is 13.0. The van der Waals surface area contributed by atoms with Crippen molar-refractivity contribution in [2.24, 2.45) is 0 Å². The highest BCUT2D eigenvalue weighted by atomic mass is 32.2. The van der Waals surface area contributed by atoms with E-state index in [2.05, 4.69) is 5.10 Å². The molecule has 0 aliphatic carbocycles. The van der Waals surface area contributed by atoms with Crippen molar-refractivity contribution < 1.29 is 18.1 Å². The van der Waals surface area contributed by atoms with Gasteiger partial charge in [0.15, 0.2) is 10.8 Å². The highest BCUT2D eigenvalue weighted by Gasteiger charge is 2.30. The van der Waals surface area contributed by atoms with E-state index in [-0.39, 0.29) is 26.9 Å². The summed E-state index contributed by atoms with van der Waals surface area (Å²) in [4.78, 5) is 22.6. The van der Waals surface area contributed by atoms with Gasteiger partial charge in [-0.05, 0) is 32.0 Å². The van der Waals surface area contributed by atoms with Crippen molar-refractivity contribution in [3.63, 3.8) is 0 Å². The second kappa shape index (κ2) is 6.76. The summed E-state index contributed by atoms with van der Waals surface area (Å²) >= 11 is 0. The second-order valence-electron chi connectivity index (χ2n) is 5.83. The number of benzene rings is 2. The standard InChI is InChI=1S/C18H15N3O5S/c1-12-17(13(2)22)18(27(25,26)16-9-4-3-5-10-16)19-20(12)14-7-6-8-15(11-14)21(23)24/h3-11H,1-2H3. The molecule has 138 valence electrons. The monoisotopic (exact) mass is 385 g/mol. The average molecular weight is 385 g/mol. The van der Waals surface area contributed by atoms with Crippen LogP contribution in [-0.4, -0.2) is 28.9 Å². The molecule has 0 spiro atoms. The van der Waals surface area contributed by atoms with E-state index in [4.69, 9.17) is 0 Å². The number of nitrogens with zero attached hydrogens (tertiary/aromatic N) is 3. The zero-order valence-corrected chi connectivity index (χ0v) is 15.3. The van der Waals surface area contributed by atoms with Crippen molar-refractivity contribution in [3.05, 3.63) is 76.0 Å². The first-order valence-corrected chi connectivity index (χ1v) is 9.37. The van der Waals surface area contributed by atoms with Gasteiger partial charge in [-0.25, -0.2) is 13.1 Å². The summed E-state index contributed by atoms with van der Waals surface area (Å²) < 4.78 is 27.2. The Kier molecular flexibility index (Phi) is 4.63. The molecule has 2 aromatic carbocycles. The lowest BCUT2D eigenvalue weighted by molar-refractivity contribution is -0.384. The van der Waals surface area contributed by atoms with E-state index in [9.17, 15) is 23.3 Å². The fourth-order valence-electron chi connectivity index (χ4n) is 2.77. The summed E-state index contributed by atoms with van der Waals surface area (Å²) in [5, 5.41) is 14.8. The summed E-state index contributed by atoms with van der Waals surface area (Å²) in [6.45, 7) is 2.80. The summed E-state index contributed by atoms with van der Waals surface area (Å²) in [7, 11) is -4.04. The van der Waals surface area contributed by atoms with Gasteiger partial charge in [-0.2, -0.15) is 5.10 Å². The molecule has 27 heavy (non-hydrogen) atoms. The van der Waals surface area contributed by atoms with Gasteiger partial charge in [-0.15, -0.1) is 0 Å². The molecule has 3 aromatic rings. The number of non-ortho nitro benzene ring substituents is 1. The van der Waals surface area contributed by atoms with Crippen LogP contribution in [0.25, 0.3) is 5.69 Å². The van der Waals surface area contributed by atoms with Crippen LogP contribution in [0.3, 0.4) is 0 Å². The van der Waals surface area contributed by atoms with Crippen molar-refractivity contribution in [1.82, 2.24) is 9.78 Å². The summed E-state index contributed by atoms with van der Waals surface area (Å²) in [6, 6.07) is 13.3. The van der Waals surface area contributed by atoms with Crippen LogP contribution < -0.4 is 0 Å². The van der Waals surface area contributed by atoms with Crippen LogP contribution in [0.1, 0.15) is 23.0 Å². The Labute approximate surface area is 155 Å². The minimum absolute atomic E-state index is 0.0104. The molecule has 0 N–H and O–H groups in total. The molecule has 0 aliphatic heterocycles. The Morgan fingerprint density at radius 3 is 2.37 bits per heavy atom. The zero-order chi connectivity index (χ0) is 19.8. The number of sulfone groups is 1. The van der Waals surface area contributed by atoms with E-state index >= 15 is 0 Å². The van der Waals surface area contributed by atoms with Crippen molar-refractivity contribution in [3.8, 4) is 5.69 Å². The van der Waals surface area contributed by atoms with E-state index in [1.54, 1.807) is 31.2 Å². The van der Waals surface area contributed by atoms with Crippen LogP contribution in [-0.2, 0) is 9.84 Å². The Morgan fingerprint density at radius 1 is 1.11 bits per heavy atom. The van der Waals surface area contributed by atoms with Crippen LogP contribution >= 0.6 is 0 Å². The topological polar surface area (TPSA) is 112 Å². The molecule has 1 heterocycles. The van der Waals surface area contributed by atoms with Gasteiger partial charge < -0.3 is 0 Å². The lowest BCUT2D eigenvalue weighted by Crippen LogP contribution is -2.08. The van der Waals surface area contributed by atoms with Crippen LogP contribution in [0.2, 0.25) is 0 Å². The van der Waals surface area contributed by atoms with Gasteiger partial charge in [0.1, 0.15) is 0 Å². The molecule has 0 radical (unpaired) electrons. The molecule has 8 nitrogen and oxygen atoms in total. The molecular weight excluding hydrogens is 370 g/mol. The van der Waals surface area contributed by atoms with Gasteiger partial charge in [0.25, 0.3) is 5.69 Å². The smallest absolute Gasteiger partial charge is 0.271 e. The number of carbonyl (C=O) groups is 1. The SMILES string of the molecule is CC(=O)c1c(S(=O)(=O)c2ccccc2)nn(-c2cccc([N+](=O)[O-])c2)c1C. The van der Waals surface area contributed by atoms with Crippen LogP contribution in [0.5, 0.6) is 0 Å². The predicted octanol–water partition coefficient (Wildman–Crippen LogP) is 3.12. The third kappa shape index (κ3) is 3.24. The first-order chi connectivity index (χ1) is 12.7. The fourth-order valence-corrected chi connectivity index (χ4v) is 4.26. The lowest BCUT2D eigenvalue weighted by Gasteiger charge is -2.04. The largest absolute Gasteiger partial charge is 0.294 e. The molecule has 3 rings (SSSR count). The minimum Gasteiger partial charge on any atom is -0.294 e. The van der Waals surface area contributed by atoms with Gasteiger partial charge in [-0.1, -0.05) is 24.3 Å². The Hall–Kier alpha value is -3.33. The zero-order valence-electron chi connectivity index (χ0n) is 14.5. The molecule has 0 atom stereocenters. The summed E-state index contributed by atoms with van der Waals surface area (Å²) in [5.41, 5.74) is 0.376. The molecule has 0 saturated carbocycles. The number of Topliss-reactive ketones (excluding diaryl/α,β-unsaturated/α-hetero) is 1. The first kappa shape index (κ1) is 18.5. The molecule has 0 saturated heterocycles. The van der Waals surface area contributed by atoms with Gasteiger partial charge in [-0.3, -0.25) is 14.9 Å². The molecule has 0 bridgehead atoms. The van der Waals surface area contributed by atoms with E-state index < -0.39 is 20.5 Å². The van der Waals surface area contributed by atoms with Crippen LogP contribution in [0, 0.1) is 17.0 Å². The number of hydrogen-bond donors (Lipinski definition) is 0. The maximum Gasteiger partial charge on any atom is 0.271 e. The Bertz CT molecular complexity index is 1150. The number of nitro benzene ring substituents is 1. The minimum atomic E-state index is -4.04. The third-order valence-electron chi connectivity index (χ3n) is 4.03. The predicted molar refractivity (Wildman–Crippen MR) is 96.9 cm³/mol. The van der Waals surface area contributed by atoms with Crippen molar-refractivity contribution in [2.45, 2.75) is 23.8 Å². The van der Waals surface area contributed by atoms with E-state index in [1.807, 2.05) is 0 Å². The lowest BCUT2D eigenvalue weighted by atomic mass is 10.2. The average Bonchev–Trinajstić information content (AvgIpc) is 3.01. The maximum atomic E-state index is 13.0. The van der Waals surface area contributed by atoms with Crippen LogP contribution in [0.15, 0.2) is 64.5 Å². The number of ketones is 1.